The van der Waals surface area contributed by atoms with Gasteiger partial charge in [0.15, 0.2) is 0 Å². The van der Waals surface area contributed by atoms with Crippen LogP contribution in [0.3, 0.4) is 0 Å². The smallest absolute Gasteiger partial charge is 0.0238 e. The van der Waals surface area contributed by atoms with E-state index in [-0.39, 0.29) is 0 Å². The van der Waals surface area contributed by atoms with Gasteiger partial charge in [-0.25, -0.2) is 0 Å². The highest BCUT2D eigenvalue weighted by molar-refractivity contribution is 7.80. The third-order valence-electron chi connectivity index (χ3n) is 1.56. The molecule has 0 aromatic heterocycles. The van der Waals surface area contributed by atoms with Crippen molar-refractivity contribution in [2.45, 2.75) is 19.1 Å². The highest BCUT2D eigenvalue weighted by atomic mass is 32.1. The Morgan fingerprint density at radius 1 is 1.20 bits per heavy atom. The third kappa shape index (κ3) is 1.77. The largest absolute Gasteiger partial charge is 0.171 e. The van der Waals surface area contributed by atoms with E-state index >= 15 is 0 Å². The van der Waals surface area contributed by atoms with Crippen LogP contribution in [0.2, 0.25) is 0 Å². The van der Waals surface area contributed by atoms with Gasteiger partial charge in [0.1, 0.15) is 0 Å². The standard InChI is InChI=1S/C9H12S/c1-7-3-5-9(6-4-7)8(2)10/h3-6,8,10H,1-2H3. The molecule has 0 radical (unpaired) electrons. The molecule has 1 atom stereocenters. The quantitative estimate of drug-likeness (QED) is 0.588. The first-order valence-electron chi connectivity index (χ1n) is 3.45. The van der Waals surface area contributed by atoms with Crippen molar-refractivity contribution in [1.82, 2.24) is 0 Å². The number of hydrogen-bond donors (Lipinski definition) is 1. The predicted octanol–water partition coefficient (Wildman–Crippen LogP) is 2.99. The summed E-state index contributed by atoms with van der Waals surface area (Å²) in [6.07, 6.45) is 0. The van der Waals surface area contributed by atoms with Crippen molar-refractivity contribution in [1.29, 1.82) is 0 Å². The molecule has 0 aliphatic heterocycles. The van der Waals surface area contributed by atoms with Crippen LogP contribution in [-0.2, 0) is 0 Å². The van der Waals surface area contributed by atoms with Crippen LogP contribution in [0.4, 0.5) is 0 Å². The molecule has 0 N–H and O–H groups in total. The lowest BCUT2D eigenvalue weighted by atomic mass is 10.1. The molecule has 0 heterocycles. The van der Waals surface area contributed by atoms with Crippen LogP contribution >= 0.6 is 12.6 Å². The molecular formula is C9H12S. The van der Waals surface area contributed by atoms with E-state index in [1.807, 2.05) is 0 Å². The van der Waals surface area contributed by atoms with Gasteiger partial charge in [-0.2, -0.15) is 12.6 Å². The van der Waals surface area contributed by atoms with Crippen LogP contribution in [0.25, 0.3) is 0 Å². The number of rotatable bonds is 1. The van der Waals surface area contributed by atoms with Crippen LogP contribution in [0.15, 0.2) is 24.3 Å². The van der Waals surface area contributed by atoms with Crippen molar-refractivity contribution < 1.29 is 0 Å². The summed E-state index contributed by atoms with van der Waals surface area (Å²) in [5.41, 5.74) is 2.59. The summed E-state index contributed by atoms with van der Waals surface area (Å²) in [5.74, 6) is 0. The average molecular weight is 152 g/mol. The molecule has 1 aromatic rings. The predicted molar refractivity (Wildman–Crippen MR) is 48.6 cm³/mol. The van der Waals surface area contributed by atoms with Crippen molar-refractivity contribution in [2.24, 2.45) is 0 Å². The molecule has 10 heavy (non-hydrogen) atoms. The van der Waals surface area contributed by atoms with Gasteiger partial charge in [0, 0.05) is 5.25 Å². The van der Waals surface area contributed by atoms with E-state index in [2.05, 4.69) is 50.7 Å². The van der Waals surface area contributed by atoms with Crippen molar-refractivity contribution in [3.8, 4) is 0 Å². The minimum Gasteiger partial charge on any atom is -0.171 e. The Bertz CT molecular complexity index is 198. The van der Waals surface area contributed by atoms with E-state index in [0.717, 1.165) is 0 Å². The lowest BCUT2D eigenvalue weighted by Gasteiger charge is -2.02. The van der Waals surface area contributed by atoms with Crippen LogP contribution in [0.5, 0.6) is 0 Å². The highest BCUT2D eigenvalue weighted by Crippen LogP contribution is 2.18. The maximum Gasteiger partial charge on any atom is 0.0238 e. The van der Waals surface area contributed by atoms with Crippen molar-refractivity contribution in [3.05, 3.63) is 35.4 Å². The number of hydrogen-bond acceptors (Lipinski definition) is 1. The van der Waals surface area contributed by atoms with Crippen LogP contribution in [-0.4, -0.2) is 0 Å². The van der Waals surface area contributed by atoms with Crippen molar-refractivity contribution >= 4 is 12.6 Å². The van der Waals surface area contributed by atoms with Gasteiger partial charge in [-0.05, 0) is 19.4 Å². The fourth-order valence-electron chi connectivity index (χ4n) is 0.845. The Balaban J connectivity index is 2.89. The van der Waals surface area contributed by atoms with Gasteiger partial charge in [-0.3, -0.25) is 0 Å². The molecule has 0 aliphatic carbocycles. The van der Waals surface area contributed by atoms with E-state index in [1.54, 1.807) is 0 Å². The third-order valence-corrected chi connectivity index (χ3v) is 1.86. The molecular weight excluding hydrogens is 140 g/mol. The van der Waals surface area contributed by atoms with E-state index in [9.17, 15) is 0 Å². The van der Waals surface area contributed by atoms with E-state index in [1.165, 1.54) is 11.1 Å². The molecule has 0 spiro atoms. The normalized spacial score (nSPS) is 13.1. The summed E-state index contributed by atoms with van der Waals surface area (Å²) in [5, 5.41) is 0.348. The van der Waals surface area contributed by atoms with E-state index in [0.29, 0.717) is 5.25 Å². The average Bonchev–Trinajstić information content (AvgIpc) is 1.88. The zero-order valence-electron chi connectivity index (χ0n) is 6.33. The molecule has 1 unspecified atom stereocenters. The topological polar surface area (TPSA) is 0 Å². The van der Waals surface area contributed by atoms with Gasteiger partial charge < -0.3 is 0 Å². The van der Waals surface area contributed by atoms with Crippen LogP contribution in [0, 0.1) is 6.92 Å². The van der Waals surface area contributed by atoms with Gasteiger partial charge >= 0.3 is 0 Å². The summed E-state index contributed by atoms with van der Waals surface area (Å²) in [6.45, 7) is 4.17. The molecule has 1 rings (SSSR count). The van der Waals surface area contributed by atoms with E-state index < -0.39 is 0 Å². The zero-order valence-corrected chi connectivity index (χ0v) is 7.23. The number of benzene rings is 1. The van der Waals surface area contributed by atoms with Crippen molar-refractivity contribution in [3.63, 3.8) is 0 Å². The second-order valence-corrected chi connectivity index (χ2v) is 3.36. The SMILES string of the molecule is Cc1ccc(C(C)S)cc1. The Morgan fingerprint density at radius 2 is 1.70 bits per heavy atom. The second-order valence-electron chi connectivity index (χ2n) is 2.59. The Labute approximate surface area is 67.7 Å². The maximum absolute atomic E-state index is 4.32. The monoisotopic (exact) mass is 152 g/mol. The van der Waals surface area contributed by atoms with Crippen LogP contribution in [0.1, 0.15) is 23.3 Å². The number of aryl methyl sites for hydroxylation is 1. The fourth-order valence-corrected chi connectivity index (χ4v) is 1.02. The lowest BCUT2D eigenvalue weighted by Crippen LogP contribution is -1.82. The minimum absolute atomic E-state index is 0.348. The van der Waals surface area contributed by atoms with Gasteiger partial charge in [-0.15, -0.1) is 0 Å². The molecule has 1 aromatic carbocycles. The zero-order chi connectivity index (χ0) is 7.56. The summed E-state index contributed by atoms with van der Waals surface area (Å²) >= 11 is 4.32. The molecule has 1 heteroatoms. The first-order valence-corrected chi connectivity index (χ1v) is 3.96. The minimum atomic E-state index is 0.348. The molecule has 54 valence electrons. The molecule has 0 fully saturated rings. The molecule has 0 saturated carbocycles. The van der Waals surface area contributed by atoms with Gasteiger partial charge in [-0.1, -0.05) is 29.8 Å². The van der Waals surface area contributed by atoms with Gasteiger partial charge in [0.25, 0.3) is 0 Å². The van der Waals surface area contributed by atoms with Crippen molar-refractivity contribution in [2.75, 3.05) is 0 Å². The molecule has 0 saturated heterocycles. The summed E-state index contributed by atoms with van der Waals surface area (Å²) < 4.78 is 0. The lowest BCUT2D eigenvalue weighted by molar-refractivity contribution is 1.11. The fraction of sp³-hybridized carbons (Fsp3) is 0.333. The van der Waals surface area contributed by atoms with E-state index in [4.69, 9.17) is 0 Å². The number of thiol groups is 1. The van der Waals surface area contributed by atoms with Gasteiger partial charge in [0.05, 0.1) is 0 Å². The Hall–Kier alpha value is -0.430. The molecule has 0 amide bonds. The van der Waals surface area contributed by atoms with Crippen LogP contribution < -0.4 is 0 Å². The summed E-state index contributed by atoms with van der Waals surface area (Å²) in [4.78, 5) is 0. The highest BCUT2D eigenvalue weighted by Gasteiger charge is 1.96. The first kappa shape index (κ1) is 7.67. The maximum atomic E-state index is 4.32. The summed E-state index contributed by atoms with van der Waals surface area (Å²) in [6, 6.07) is 8.46. The molecule has 0 bridgehead atoms. The Kier molecular flexibility index (Phi) is 2.39. The molecule has 0 nitrogen and oxygen atoms in total. The first-order chi connectivity index (χ1) is 4.70. The molecule has 0 aliphatic rings. The van der Waals surface area contributed by atoms with Gasteiger partial charge in [0.2, 0.25) is 0 Å². The second kappa shape index (κ2) is 3.11. The summed E-state index contributed by atoms with van der Waals surface area (Å²) in [7, 11) is 0. The Morgan fingerprint density at radius 3 is 2.10 bits per heavy atom.